The molecule has 4 heteroatoms. The molecule has 0 radical (unpaired) electrons. The van der Waals surface area contributed by atoms with Crippen LogP contribution in [0, 0.1) is 5.92 Å². The molecule has 0 aromatic heterocycles. The highest BCUT2D eigenvalue weighted by Gasteiger charge is 2.30. The van der Waals surface area contributed by atoms with Crippen molar-refractivity contribution in [3.63, 3.8) is 0 Å². The van der Waals surface area contributed by atoms with Gasteiger partial charge in [0.1, 0.15) is 5.60 Å². The third kappa shape index (κ3) is 5.08. The summed E-state index contributed by atoms with van der Waals surface area (Å²) in [7, 11) is 0. The molecule has 0 saturated heterocycles. The van der Waals surface area contributed by atoms with Crippen molar-refractivity contribution in [3.05, 3.63) is 35.4 Å². The fraction of sp³-hybridized carbons (Fsp3) is 0.600. The molecule has 4 nitrogen and oxygen atoms in total. The zero-order valence-electron chi connectivity index (χ0n) is 15.1. The first-order chi connectivity index (χ1) is 11.3. The van der Waals surface area contributed by atoms with Gasteiger partial charge in [-0.1, -0.05) is 12.1 Å². The van der Waals surface area contributed by atoms with Gasteiger partial charge in [-0.3, -0.25) is 4.79 Å². The van der Waals surface area contributed by atoms with Crippen molar-refractivity contribution in [2.45, 2.75) is 64.9 Å². The predicted molar refractivity (Wildman–Crippen MR) is 92.9 cm³/mol. The van der Waals surface area contributed by atoms with Crippen LogP contribution in [-0.4, -0.2) is 24.1 Å². The fourth-order valence-electron chi connectivity index (χ4n) is 3.15. The van der Waals surface area contributed by atoms with Crippen molar-refractivity contribution in [1.82, 2.24) is 0 Å². The molecular formula is C20H28O4. The van der Waals surface area contributed by atoms with E-state index in [1.54, 1.807) is 6.92 Å². The minimum Gasteiger partial charge on any atom is -0.462 e. The topological polar surface area (TPSA) is 52.6 Å². The van der Waals surface area contributed by atoms with Crippen molar-refractivity contribution in [2.24, 2.45) is 5.92 Å². The van der Waals surface area contributed by atoms with Gasteiger partial charge in [-0.05, 0) is 77.0 Å². The van der Waals surface area contributed by atoms with Crippen LogP contribution >= 0.6 is 0 Å². The fourth-order valence-corrected chi connectivity index (χ4v) is 3.15. The maximum atomic E-state index is 12.2. The van der Waals surface area contributed by atoms with Gasteiger partial charge in [-0.15, -0.1) is 0 Å². The molecule has 0 aliphatic heterocycles. The number of carbonyl (C=O) groups excluding carboxylic acids is 2. The van der Waals surface area contributed by atoms with Crippen LogP contribution < -0.4 is 0 Å². The van der Waals surface area contributed by atoms with Crippen molar-refractivity contribution in [2.75, 3.05) is 6.61 Å². The smallest absolute Gasteiger partial charge is 0.338 e. The van der Waals surface area contributed by atoms with Gasteiger partial charge in [0.15, 0.2) is 0 Å². The Morgan fingerprint density at radius 1 is 1.04 bits per heavy atom. The van der Waals surface area contributed by atoms with Gasteiger partial charge in [0.05, 0.1) is 18.1 Å². The van der Waals surface area contributed by atoms with Crippen LogP contribution in [-0.2, 0) is 14.3 Å². The van der Waals surface area contributed by atoms with Crippen LogP contribution in [0.25, 0.3) is 0 Å². The quantitative estimate of drug-likeness (QED) is 0.763. The molecule has 1 aliphatic rings. The van der Waals surface area contributed by atoms with Gasteiger partial charge in [-0.2, -0.15) is 0 Å². The Hall–Kier alpha value is -1.84. The second-order valence-electron chi connectivity index (χ2n) is 7.42. The molecule has 1 aliphatic carbocycles. The molecule has 0 heterocycles. The van der Waals surface area contributed by atoms with Crippen LogP contribution in [0.4, 0.5) is 0 Å². The van der Waals surface area contributed by atoms with E-state index >= 15 is 0 Å². The van der Waals surface area contributed by atoms with Crippen molar-refractivity contribution < 1.29 is 19.1 Å². The highest BCUT2D eigenvalue weighted by atomic mass is 16.6. The van der Waals surface area contributed by atoms with Crippen LogP contribution in [0.15, 0.2) is 24.3 Å². The van der Waals surface area contributed by atoms with Crippen molar-refractivity contribution >= 4 is 11.9 Å². The second kappa shape index (κ2) is 7.82. The maximum absolute atomic E-state index is 12.2. The number of carbonyl (C=O) groups is 2. The third-order valence-corrected chi connectivity index (χ3v) is 4.36. The lowest BCUT2D eigenvalue weighted by Crippen LogP contribution is -2.30. The molecular weight excluding hydrogens is 304 g/mol. The summed E-state index contributed by atoms with van der Waals surface area (Å²) in [6.07, 6.45) is 3.67. The molecule has 0 atom stereocenters. The number of benzene rings is 1. The lowest BCUT2D eigenvalue weighted by Gasteiger charge is -2.30. The van der Waals surface area contributed by atoms with E-state index in [1.165, 1.54) is 5.56 Å². The standard InChI is InChI=1S/C20H28O4/c1-5-23-18(21)16-10-6-14(7-11-16)15-8-12-17(13-9-15)19(22)24-20(2,3)4/h6-7,10-11,15,17H,5,8-9,12-13H2,1-4H3/t15-,17-. The van der Waals surface area contributed by atoms with Gasteiger partial charge >= 0.3 is 11.9 Å². The lowest BCUT2D eigenvalue weighted by molar-refractivity contribution is -0.161. The van der Waals surface area contributed by atoms with E-state index in [0.29, 0.717) is 18.1 Å². The van der Waals surface area contributed by atoms with Crippen molar-refractivity contribution in [1.29, 1.82) is 0 Å². The summed E-state index contributed by atoms with van der Waals surface area (Å²) in [5.41, 5.74) is 1.39. The second-order valence-corrected chi connectivity index (χ2v) is 7.42. The number of esters is 2. The Labute approximate surface area is 144 Å². The average Bonchev–Trinajstić information content (AvgIpc) is 2.54. The SMILES string of the molecule is CCOC(=O)c1ccc([C@H]2CC[C@H](C(=O)OC(C)(C)C)CC2)cc1. The first-order valence-corrected chi connectivity index (χ1v) is 8.80. The molecule has 0 amide bonds. The Kier molecular flexibility index (Phi) is 6.03. The zero-order chi connectivity index (χ0) is 17.7. The van der Waals surface area contributed by atoms with E-state index < -0.39 is 5.60 Å². The summed E-state index contributed by atoms with van der Waals surface area (Å²) in [5.74, 6) is 0.107. The first-order valence-electron chi connectivity index (χ1n) is 8.80. The van der Waals surface area contributed by atoms with Gasteiger partial charge in [-0.25, -0.2) is 4.79 Å². The van der Waals surface area contributed by atoms with Crippen LogP contribution in [0.3, 0.4) is 0 Å². The molecule has 1 aromatic rings. The van der Waals surface area contributed by atoms with Gasteiger partial charge in [0.2, 0.25) is 0 Å². The normalized spacial score (nSPS) is 21.2. The monoisotopic (exact) mass is 332 g/mol. The predicted octanol–water partition coefficient (Wildman–Crippen LogP) is 4.48. The molecule has 0 spiro atoms. The number of hydrogen-bond acceptors (Lipinski definition) is 4. The van der Waals surface area contributed by atoms with E-state index in [1.807, 2.05) is 45.0 Å². The number of ether oxygens (including phenoxy) is 2. The zero-order valence-corrected chi connectivity index (χ0v) is 15.1. The highest BCUT2D eigenvalue weighted by Crippen LogP contribution is 2.36. The summed E-state index contributed by atoms with van der Waals surface area (Å²) in [6.45, 7) is 7.90. The Balaban J connectivity index is 1.90. The van der Waals surface area contributed by atoms with Gasteiger partial charge < -0.3 is 9.47 Å². The number of hydrogen-bond donors (Lipinski definition) is 0. The summed E-state index contributed by atoms with van der Waals surface area (Å²) >= 11 is 0. The van der Waals surface area contributed by atoms with E-state index in [4.69, 9.17) is 9.47 Å². The van der Waals surface area contributed by atoms with Crippen LogP contribution in [0.1, 0.15) is 75.2 Å². The molecule has 24 heavy (non-hydrogen) atoms. The summed E-state index contributed by atoms with van der Waals surface area (Å²) < 4.78 is 10.5. The number of rotatable bonds is 4. The Bertz CT molecular complexity index is 560. The largest absolute Gasteiger partial charge is 0.462 e. The third-order valence-electron chi connectivity index (χ3n) is 4.36. The summed E-state index contributed by atoms with van der Waals surface area (Å²) in [5, 5.41) is 0. The molecule has 2 rings (SSSR count). The highest BCUT2D eigenvalue weighted by molar-refractivity contribution is 5.89. The van der Waals surface area contributed by atoms with Gasteiger partial charge in [0, 0.05) is 0 Å². The Morgan fingerprint density at radius 3 is 2.12 bits per heavy atom. The first kappa shape index (κ1) is 18.5. The molecule has 0 unspecified atom stereocenters. The van der Waals surface area contributed by atoms with Crippen molar-refractivity contribution in [3.8, 4) is 0 Å². The van der Waals surface area contributed by atoms with E-state index in [0.717, 1.165) is 25.7 Å². The lowest BCUT2D eigenvalue weighted by atomic mass is 9.78. The maximum Gasteiger partial charge on any atom is 0.338 e. The molecule has 1 aromatic carbocycles. The molecule has 1 fully saturated rings. The van der Waals surface area contributed by atoms with Gasteiger partial charge in [0.25, 0.3) is 0 Å². The van der Waals surface area contributed by atoms with Crippen LogP contribution in [0.2, 0.25) is 0 Å². The molecule has 1 saturated carbocycles. The van der Waals surface area contributed by atoms with E-state index in [2.05, 4.69) is 0 Å². The van der Waals surface area contributed by atoms with Crippen LogP contribution in [0.5, 0.6) is 0 Å². The summed E-state index contributed by atoms with van der Waals surface area (Å²) in [4.78, 5) is 23.9. The van der Waals surface area contributed by atoms with E-state index in [9.17, 15) is 9.59 Å². The molecule has 0 bridgehead atoms. The average molecular weight is 332 g/mol. The molecule has 132 valence electrons. The Morgan fingerprint density at radius 2 is 1.62 bits per heavy atom. The minimum absolute atomic E-state index is 0.0132. The molecule has 0 N–H and O–H groups in total. The van der Waals surface area contributed by atoms with E-state index in [-0.39, 0.29) is 17.9 Å². The summed E-state index contributed by atoms with van der Waals surface area (Å²) in [6, 6.07) is 7.66. The minimum atomic E-state index is -0.420.